The fourth-order valence-electron chi connectivity index (χ4n) is 3.52. The molecule has 4 heteroatoms. The maximum Gasteiger partial charge on any atom is 0.252 e. The number of para-hydroxylation sites is 2. The average Bonchev–Trinajstić information content (AvgIpc) is 2.72. The molecular weight excluding hydrogens is 348 g/mol. The topological polar surface area (TPSA) is 49.4 Å². The molecule has 0 aliphatic carbocycles. The molecule has 3 aromatic rings. The summed E-state index contributed by atoms with van der Waals surface area (Å²) >= 11 is 0. The van der Waals surface area contributed by atoms with Crippen LogP contribution in [-0.4, -0.2) is 23.8 Å². The Morgan fingerprint density at radius 1 is 0.857 bits per heavy atom. The molecule has 0 unspecified atom stereocenters. The van der Waals surface area contributed by atoms with Gasteiger partial charge < -0.3 is 10.2 Å². The number of nitrogens with zero attached hydrogens (tertiary/aromatic N) is 1. The highest BCUT2D eigenvalue weighted by Crippen LogP contribution is 2.35. The van der Waals surface area contributed by atoms with E-state index in [1.165, 1.54) is 0 Å². The zero-order valence-corrected chi connectivity index (χ0v) is 16.0. The van der Waals surface area contributed by atoms with Gasteiger partial charge in [0.15, 0.2) is 5.78 Å². The Hall–Kier alpha value is -3.40. The zero-order chi connectivity index (χ0) is 19.7. The van der Waals surface area contributed by atoms with Crippen LogP contribution in [0.4, 0.5) is 11.4 Å². The van der Waals surface area contributed by atoms with Gasteiger partial charge in [-0.15, -0.1) is 0 Å². The molecule has 1 aliphatic rings. The number of hydrogen-bond acceptors (Lipinski definition) is 3. The summed E-state index contributed by atoms with van der Waals surface area (Å²) < 4.78 is 0. The van der Waals surface area contributed by atoms with E-state index in [1.807, 2.05) is 92.7 Å². The molecule has 1 N–H and O–H groups in total. The smallest absolute Gasteiger partial charge is 0.252 e. The predicted octanol–water partition coefficient (Wildman–Crippen LogP) is 4.77. The lowest BCUT2D eigenvalue weighted by Crippen LogP contribution is -2.55. The van der Waals surface area contributed by atoms with Crippen LogP contribution in [-0.2, 0) is 4.79 Å². The summed E-state index contributed by atoms with van der Waals surface area (Å²) in [5.74, 6) is -0.194. The number of fused-ring (bicyclic) bond motifs is 1. The molecule has 0 saturated carbocycles. The summed E-state index contributed by atoms with van der Waals surface area (Å²) in [5, 5.41) is 3.25. The van der Waals surface area contributed by atoms with Gasteiger partial charge in [0.25, 0.3) is 5.91 Å². The van der Waals surface area contributed by atoms with E-state index < -0.39 is 5.54 Å². The molecule has 0 aromatic heterocycles. The average molecular weight is 370 g/mol. The number of anilines is 2. The van der Waals surface area contributed by atoms with Crippen molar-refractivity contribution in [1.29, 1.82) is 0 Å². The second-order valence-electron chi connectivity index (χ2n) is 7.52. The van der Waals surface area contributed by atoms with Gasteiger partial charge >= 0.3 is 0 Å². The first-order valence-corrected chi connectivity index (χ1v) is 9.33. The van der Waals surface area contributed by atoms with Crippen LogP contribution in [0, 0.1) is 0 Å². The summed E-state index contributed by atoms with van der Waals surface area (Å²) in [6.07, 6.45) is 0. The Morgan fingerprint density at radius 2 is 1.46 bits per heavy atom. The van der Waals surface area contributed by atoms with Gasteiger partial charge in [-0.05, 0) is 37.1 Å². The van der Waals surface area contributed by atoms with Gasteiger partial charge in [0.1, 0.15) is 5.54 Å². The van der Waals surface area contributed by atoms with Crippen molar-refractivity contribution in [1.82, 2.24) is 0 Å². The van der Waals surface area contributed by atoms with Gasteiger partial charge in [-0.2, -0.15) is 0 Å². The molecule has 0 saturated heterocycles. The number of amides is 1. The molecule has 3 aromatic carbocycles. The van der Waals surface area contributed by atoms with Crippen LogP contribution in [0.15, 0.2) is 78.9 Å². The summed E-state index contributed by atoms with van der Waals surface area (Å²) in [6, 6.07) is 25.2. The molecule has 0 radical (unpaired) electrons. The molecule has 0 bridgehead atoms. The third kappa shape index (κ3) is 3.29. The van der Waals surface area contributed by atoms with Crippen LogP contribution < -0.4 is 10.2 Å². The van der Waals surface area contributed by atoms with Gasteiger partial charge in [0, 0.05) is 5.56 Å². The lowest BCUT2D eigenvalue weighted by molar-refractivity contribution is -0.122. The number of carbonyl (C=O) groups excluding carboxylic acids is 2. The Morgan fingerprint density at radius 3 is 2.18 bits per heavy atom. The van der Waals surface area contributed by atoms with Gasteiger partial charge in [0.2, 0.25) is 0 Å². The lowest BCUT2D eigenvalue weighted by Gasteiger charge is -2.39. The molecule has 28 heavy (non-hydrogen) atoms. The van der Waals surface area contributed by atoms with E-state index in [0.717, 1.165) is 22.5 Å². The summed E-state index contributed by atoms with van der Waals surface area (Å²) in [5.41, 5.74) is 3.60. The number of ketones is 1. The van der Waals surface area contributed by atoms with E-state index in [0.29, 0.717) is 5.56 Å². The minimum atomic E-state index is -0.758. The van der Waals surface area contributed by atoms with Crippen molar-refractivity contribution < 1.29 is 9.59 Å². The Labute approximate surface area is 164 Å². The Bertz CT molecular complexity index is 1020. The van der Waals surface area contributed by atoms with Crippen LogP contribution >= 0.6 is 0 Å². The lowest BCUT2D eigenvalue weighted by atomic mass is 9.97. The number of nitrogens with one attached hydrogen (secondary N) is 1. The Balaban J connectivity index is 1.59. The first kappa shape index (κ1) is 18.0. The third-order valence-corrected chi connectivity index (χ3v) is 5.04. The largest absolute Gasteiger partial charge is 0.370 e. The Kier molecular flexibility index (Phi) is 4.47. The van der Waals surface area contributed by atoms with Crippen LogP contribution in [0.5, 0.6) is 0 Å². The molecule has 1 heterocycles. The van der Waals surface area contributed by atoms with Crippen LogP contribution in [0.3, 0.4) is 0 Å². The minimum absolute atomic E-state index is 0.0195. The van der Waals surface area contributed by atoms with Crippen LogP contribution in [0.25, 0.3) is 11.1 Å². The molecule has 0 fully saturated rings. The molecule has 0 atom stereocenters. The minimum Gasteiger partial charge on any atom is -0.370 e. The van der Waals surface area contributed by atoms with E-state index in [2.05, 4.69) is 5.32 Å². The second kappa shape index (κ2) is 6.97. The van der Waals surface area contributed by atoms with Gasteiger partial charge in [-0.25, -0.2) is 0 Å². The predicted molar refractivity (Wildman–Crippen MR) is 113 cm³/mol. The number of rotatable bonds is 4. The van der Waals surface area contributed by atoms with Crippen LogP contribution in [0.2, 0.25) is 0 Å². The molecule has 0 spiro atoms. The fraction of sp³-hybridized carbons (Fsp3) is 0.167. The van der Waals surface area contributed by atoms with E-state index in [-0.39, 0.29) is 18.2 Å². The first-order chi connectivity index (χ1) is 13.5. The number of carbonyl (C=O) groups is 2. The van der Waals surface area contributed by atoms with Gasteiger partial charge in [-0.1, -0.05) is 66.7 Å². The highest BCUT2D eigenvalue weighted by molar-refractivity contribution is 6.12. The molecule has 1 aliphatic heterocycles. The van der Waals surface area contributed by atoms with E-state index >= 15 is 0 Å². The second-order valence-corrected chi connectivity index (χ2v) is 7.52. The molecule has 140 valence electrons. The molecule has 4 nitrogen and oxygen atoms in total. The van der Waals surface area contributed by atoms with Crippen LogP contribution in [0.1, 0.15) is 24.2 Å². The number of Topliss-reactive ketones (excluding diaryl/α,β-unsaturated/α-hetero) is 1. The quantitative estimate of drug-likeness (QED) is 0.673. The fourth-order valence-corrected chi connectivity index (χ4v) is 3.52. The van der Waals surface area contributed by atoms with Crippen molar-refractivity contribution in [3.63, 3.8) is 0 Å². The maximum absolute atomic E-state index is 12.9. The monoisotopic (exact) mass is 370 g/mol. The number of benzene rings is 3. The van der Waals surface area contributed by atoms with E-state index in [9.17, 15) is 9.59 Å². The highest BCUT2D eigenvalue weighted by atomic mass is 16.2. The highest BCUT2D eigenvalue weighted by Gasteiger charge is 2.39. The zero-order valence-electron chi connectivity index (χ0n) is 16.0. The van der Waals surface area contributed by atoms with Gasteiger partial charge in [0.05, 0.1) is 17.9 Å². The first-order valence-electron chi connectivity index (χ1n) is 9.33. The van der Waals surface area contributed by atoms with Gasteiger partial charge in [-0.3, -0.25) is 9.59 Å². The standard InChI is InChI=1S/C24H22N2O2/c1-24(2)23(28)26(21-11-7-6-10-20(21)25-24)16-22(27)19-14-12-18(13-15-19)17-8-4-3-5-9-17/h3-15,25H,16H2,1-2H3. The van der Waals surface area contributed by atoms with Crippen molar-refractivity contribution in [3.8, 4) is 11.1 Å². The molecule has 1 amide bonds. The summed E-state index contributed by atoms with van der Waals surface area (Å²) in [7, 11) is 0. The summed E-state index contributed by atoms with van der Waals surface area (Å²) in [6.45, 7) is 3.68. The molecule has 4 rings (SSSR count). The number of hydrogen-bond donors (Lipinski definition) is 1. The normalized spacial score (nSPS) is 14.9. The van der Waals surface area contributed by atoms with Crippen molar-refractivity contribution in [2.45, 2.75) is 19.4 Å². The van der Waals surface area contributed by atoms with Crippen molar-refractivity contribution >= 4 is 23.1 Å². The van der Waals surface area contributed by atoms with Crippen molar-refractivity contribution in [2.24, 2.45) is 0 Å². The van der Waals surface area contributed by atoms with Crippen molar-refractivity contribution in [2.75, 3.05) is 16.8 Å². The third-order valence-electron chi connectivity index (χ3n) is 5.04. The molecular formula is C24H22N2O2. The maximum atomic E-state index is 12.9. The van der Waals surface area contributed by atoms with E-state index in [4.69, 9.17) is 0 Å². The van der Waals surface area contributed by atoms with Crippen molar-refractivity contribution in [3.05, 3.63) is 84.4 Å². The summed E-state index contributed by atoms with van der Waals surface area (Å²) in [4.78, 5) is 27.4. The SMILES string of the molecule is CC1(C)Nc2ccccc2N(CC(=O)c2ccc(-c3ccccc3)cc2)C1=O. The van der Waals surface area contributed by atoms with E-state index in [1.54, 1.807) is 4.90 Å².